The molecule has 2 aromatic rings. The van der Waals surface area contributed by atoms with Gasteiger partial charge in [-0.1, -0.05) is 24.3 Å². The van der Waals surface area contributed by atoms with E-state index in [1.807, 2.05) is 12.1 Å². The van der Waals surface area contributed by atoms with Crippen molar-refractivity contribution in [1.82, 2.24) is 4.98 Å². The van der Waals surface area contributed by atoms with E-state index in [1.165, 1.54) is 0 Å². The van der Waals surface area contributed by atoms with Gasteiger partial charge in [0.05, 0.1) is 0 Å². The number of nitrogens with zero attached hydrogens (tertiary/aromatic N) is 2. The molecule has 0 unspecified atom stereocenters. The summed E-state index contributed by atoms with van der Waals surface area (Å²) in [6.07, 6.45) is 0.508. The fourth-order valence-electron chi connectivity index (χ4n) is 2.10. The average molecular weight is 280 g/mol. The number of aliphatic hydroxyl groups excluding tert-OH is 1. The third-order valence-electron chi connectivity index (χ3n) is 3.11. The number of nitrogen functional groups attached to an aromatic ring is 1. The lowest BCUT2D eigenvalue weighted by molar-refractivity contribution is 0.299. The molecule has 2 rings (SSSR count). The fourth-order valence-corrected chi connectivity index (χ4v) is 2.10. The Kier molecular flexibility index (Phi) is 4.03. The van der Waals surface area contributed by atoms with Crippen LogP contribution in [0.4, 0.5) is 5.82 Å². The highest BCUT2D eigenvalue weighted by atomic mass is 16.2. The maximum Gasteiger partial charge on any atom is 0.268 e. The van der Waals surface area contributed by atoms with Gasteiger partial charge in [0.15, 0.2) is 0 Å². The van der Waals surface area contributed by atoms with Crippen LogP contribution >= 0.6 is 0 Å². The van der Waals surface area contributed by atoms with Crippen molar-refractivity contribution in [2.24, 2.45) is 0 Å². The summed E-state index contributed by atoms with van der Waals surface area (Å²) in [6, 6.07) is 10.7. The summed E-state index contributed by atoms with van der Waals surface area (Å²) >= 11 is 0. The third kappa shape index (κ3) is 2.62. The summed E-state index contributed by atoms with van der Waals surface area (Å²) in [5.41, 5.74) is 6.66. The number of hydrogen-bond acceptors (Lipinski definition) is 5. The first-order valence-corrected chi connectivity index (χ1v) is 6.18. The molecule has 104 valence electrons. The van der Waals surface area contributed by atoms with Crippen molar-refractivity contribution in [1.29, 1.82) is 10.5 Å². The number of nitrogens with one attached hydrogen (secondary N) is 1. The van der Waals surface area contributed by atoms with E-state index in [-0.39, 0.29) is 29.1 Å². The van der Waals surface area contributed by atoms with E-state index in [9.17, 15) is 10.1 Å². The lowest BCUT2D eigenvalue weighted by atomic mass is 9.95. The van der Waals surface area contributed by atoms with E-state index < -0.39 is 5.56 Å². The standard InChI is InChI=1S/C15H12N4O2/c16-7-11-13(12(8-17)15(21)19-14(11)18)10-3-1-9(2-4-10)5-6-20/h1-4,20H,5-6H2,(H3,18,19,21). The molecule has 1 aromatic carbocycles. The largest absolute Gasteiger partial charge is 0.396 e. The van der Waals surface area contributed by atoms with E-state index in [4.69, 9.17) is 16.1 Å². The average Bonchev–Trinajstić information content (AvgIpc) is 2.48. The van der Waals surface area contributed by atoms with E-state index in [1.54, 1.807) is 24.3 Å². The Labute approximate surface area is 120 Å². The summed E-state index contributed by atoms with van der Waals surface area (Å²) in [5.74, 6) is -0.0593. The first-order chi connectivity index (χ1) is 10.1. The van der Waals surface area contributed by atoms with Crippen LogP contribution in [-0.2, 0) is 6.42 Å². The molecule has 0 aliphatic rings. The Hall–Kier alpha value is -3.09. The Bertz CT molecular complexity index is 808. The number of aliphatic hydroxyl groups is 1. The van der Waals surface area contributed by atoms with Crippen molar-refractivity contribution >= 4 is 5.82 Å². The number of nitrogens with two attached hydrogens (primary N) is 1. The highest BCUT2D eigenvalue weighted by Gasteiger charge is 2.17. The number of hydrogen-bond donors (Lipinski definition) is 3. The molecule has 21 heavy (non-hydrogen) atoms. The van der Waals surface area contributed by atoms with E-state index in [0.29, 0.717) is 12.0 Å². The summed E-state index contributed by atoms with van der Waals surface area (Å²) < 4.78 is 0. The summed E-state index contributed by atoms with van der Waals surface area (Å²) in [4.78, 5) is 14.1. The summed E-state index contributed by atoms with van der Waals surface area (Å²) in [7, 11) is 0. The number of aromatic nitrogens is 1. The van der Waals surface area contributed by atoms with Crippen molar-refractivity contribution in [3.05, 3.63) is 51.3 Å². The van der Waals surface area contributed by atoms with Gasteiger partial charge in [0.1, 0.15) is 29.1 Å². The van der Waals surface area contributed by atoms with Gasteiger partial charge in [0, 0.05) is 12.2 Å². The zero-order valence-electron chi connectivity index (χ0n) is 11.1. The first-order valence-electron chi connectivity index (χ1n) is 6.18. The molecule has 6 nitrogen and oxygen atoms in total. The van der Waals surface area contributed by atoms with Crippen molar-refractivity contribution in [2.45, 2.75) is 6.42 Å². The zero-order valence-corrected chi connectivity index (χ0v) is 11.1. The van der Waals surface area contributed by atoms with Crippen LogP contribution in [0.15, 0.2) is 29.1 Å². The Morgan fingerprint density at radius 1 is 1.14 bits per heavy atom. The smallest absolute Gasteiger partial charge is 0.268 e. The zero-order chi connectivity index (χ0) is 15.4. The molecular formula is C15H12N4O2. The van der Waals surface area contributed by atoms with Crippen molar-refractivity contribution < 1.29 is 5.11 Å². The summed E-state index contributed by atoms with van der Waals surface area (Å²) in [5, 5.41) is 27.3. The predicted molar refractivity (Wildman–Crippen MR) is 77.1 cm³/mol. The van der Waals surface area contributed by atoms with Crippen LogP contribution in [0, 0.1) is 22.7 Å². The molecule has 0 saturated carbocycles. The molecule has 0 aliphatic heterocycles. The highest BCUT2D eigenvalue weighted by molar-refractivity contribution is 5.80. The van der Waals surface area contributed by atoms with Gasteiger partial charge in [-0.15, -0.1) is 0 Å². The Morgan fingerprint density at radius 3 is 2.29 bits per heavy atom. The quantitative estimate of drug-likeness (QED) is 0.769. The second-order valence-electron chi connectivity index (χ2n) is 4.39. The van der Waals surface area contributed by atoms with Crippen molar-refractivity contribution in [2.75, 3.05) is 12.3 Å². The minimum atomic E-state index is -0.622. The number of pyridine rings is 1. The minimum Gasteiger partial charge on any atom is -0.396 e. The van der Waals surface area contributed by atoms with Crippen LogP contribution in [-0.4, -0.2) is 16.7 Å². The van der Waals surface area contributed by atoms with E-state index >= 15 is 0 Å². The van der Waals surface area contributed by atoms with Gasteiger partial charge >= 0.3 is 0 Å². The topological polar surface area (TPSA) is 127 Å². The molecule has 0 bridgehead atoms. The van der Waals surface area contributed by atoms with Crippen LogP contribution < -0.4 is 11.3 Å². The maximum absolute atomic E-state index is 11.8. The number of rotatable bonds is 3. The van der Waals surface area contributed by atoms with E-state index in [2.05, 4.69) is 4.98 Å². The fraction of sp³-hybridized carbons (Fsp3) is 0.133. The highest BCUT2D eigenvalue weighted by Crippen LogP contribution is 2.28. The number of benzene rings is 1. The van der Waals surface area contributed by atoms with Crippen molar-refractivity contribution in [3.8, 4) is 23.3 Å². The van der Waals surface area contributed by atoms with Gasteiger partial charge in [0.2, 0.25) is 0 Å². The molecule has 1 heterocycles. The lowest BCUT2D eigenvalue weighted by Gasteiger charge is -2.09. The van der Waals surface area contributed by atoms with Crippen LogP contribution in [0.1, 0.15) is 16.7 Å². The third-order valence-corrected chi connectivity index (χ3v) is 3.11. The van der Waals surface area contributed by atoms with Crippen LogP contribution in [0.3, 0.4) is 0 Å². The predicted octanol–water partition coefficient (Wildman–Crippen LogP) is 0.902. The molecule has 0 radical (unpaired) electrons. The maximum atomic E-state index is 11.8. The Morgan fingerprint density at radius 2 is 1.76 bits per heavy atom. The molecule has 4 N–H and O–H groups in total. The number of anilines is 1. The number of nitriles is 2. The van der Waals surface area contributed by atoms with Gasteiger partial charge in [-0.3, -0.25) is 4.79 Å². The summed E-state index contributed by atoms with van der Waals surface area (Å²) in [6.45, 7) is 0.0319. The molecule has 6 heteroatoms. The van der Waals surface area contributed by atoms with Gasteiger partial charge in [-0.2, -0.15) is 10.5 Å². The molecule has 0 aliphatic carbocycles. The molecule has 0 amide bonds. The lowest BCUT2D eigenvalue weighted by Crippen LogP contribution is -2.16. The molecular weight excluding hydrogens is 268 g/mol. The normalized spacial score (nSPS) is 9.86. The van der Waals surface area contributed by atoms with Gasteiger partial charge in [-0.05, 0) is 17.5 Å². The second-order valence-corrected chi connectivity index (χ2v) is 4.39. The van der Waals surface area contributed by atoms with Crippen LogP contribution in [0.25, 0.3) is 11.1 Å². The van der Waals surface area contributed by atoms with Gasteiger partial charge in [-0.25, -0.2) is 0 Å². The first kappa shape index (κ1) is 14.3. The molecule has 1 aromatic heterocycles. The SMILES string of the molecule is N#Cc1c(N)[nH]c(=O)c(C#N)c1-c1ccc(CCO)cc1. The second kappa shape index (κ2) is 5.91. The van der Waals surface area contributed by atoms with Gasteiger partial charge in [0.25, 0.3) is 5.56 Å². The van der Waals surface area contributed by atoms with E-state index in [0.717, 1.165) is 5.56 Å². The van der Waals surface area contributed by atoms with Crippen LogP contribution in [0.5, 0.6) is 0 Å². The van der Waals surface area contributed by atoms with Gasteiger partial charge < -0.3 is 15.8 Å². The minimum absolute atomic E-state index is 0.0319. The molecule has 0 spiro atoms. The number of H-pyrrole nitrogens is 1. The molecule has 0 atom stereocenters. The Balaban J connectivity index is 2.71. The van der Waals surface area contributed by atoms with Crippen molar-refractivity contribution in [3.63, 3.8) is 0 Å². The number of aromatic amines is 1. The van der Waals surface area contributed by atoms with Crippen LogP contribution in [0.2, 0.25) is 0 Å². The monoisotopic (exact) mass is 280 g/mol. The molecule has 0 saturated heterocycles. The molecule has 0 fully saturated rings.